The Morgan fingerprint density at radius 2 is 1.59 bits per heavy atom. The lowest BCUT2D eigenvalue weighted by Gasteiger charge is -2.41. The van der Waals surface area contributed by atoms with Gasteiger partial charge in [-0.1, -0.05) is 67.0 Å². The molecule has 1 saturated heterocycles. The monoisotopic (exact) mass is 761 g/mol. The molecule has 1 fully saturated rings. The molecule has 54 heavy (non-hydrogen) atoms. The van der Waals surface area contributed by atoms with Crippen LogP contribution in [0.4, 0.5) is 0 Å². The summed E-state index contributed by atoms with van der Waals surface area (Å²) in [5.74, 6) is -1.80. The summed E-state index contributed by atoms with van der Waals surface area (Å²) in [6.07, 6.45) is -0.321. The summed E-state index contributed by atoms with van der Waals surface area (Å²) in [7, 11) is 9.93. The number of rotatable bonds is 21. The number of benzene rings is 1. The maximum atomic E-state index is 14.2. The minimum absolute atomic E-state index is 0.0314. The molecule has 306 valence electrons. The standard InChI is InChI=1S/C40H68N6O8/c1-14-25(6)36(45(10)40(51)34(23(2)3)43-39(50)35(24(4)5)44(8)9)32(53-12)20-33(48)46-22-28(41)19-30(46)37(54-13)26(7)38(49)42-21-31(47)27-16-15-17-29(18-27)52-11/h15-18,23-26,28,30,32,34-37H,14,19-22,41H2,1-13H3,(H,42,49)(H,43,50)/t25-,26+,28-,30-,32+,34-,35?,36?,37+/m0/s1. The van der Waals surface area contributed by atoms with E-state index in [-0.39, 0.29) is 66.8 Å². The molecule has 0 aromatic heterocycles. The molecule has 9 atom stereocenters. The molecule has 0 saturated carbocycles. The van der Waals surface area contributed by atoms with Crippen molar-refractivity contribution in [3.63, 3.8) is 0 Å². The molecule has 2 unspecified atom stereocenters. The van der Waals surface area contributed by atoms with Crippen LogP contribution in [-0.4, -0.2) is 142 Å². The summed E-state index contributed by atoms with van der Waals surface area (Å²) in [5, 5.41) is 5.74. The molecule has 14 nitrogen and oxygen atoms in total. The van der Waals surface area contributed by atoms with E-state index < -0.39 is 48.2 Å². The SMILES string of the molecule is CC[C@H](C)C([C@@H](CC(=O)N1C[C@@H](N)C[C@H]1[C@H](OC)[C@@H](C)C(=O)NCC(=O)c1cccc(OC)c1)OC)N(C)C(=O)[C@@H](NC(=O)C(C(C)C)N(C)C)C(C)C. The van der Waals surface area contributed by atoms with E-state index in [1.807, 2.05) is 60.5 Å². The zero-order valence-corrected chi connectivity index (χ0v) is 34.9. The zero-order valence-electron chi connectivity index (χ0n) is 34.9. The predicted octanol–water partition coefficient (Wildman–Crippen LogP) is 2.58. The van der Waals surface area contributed by atoms with Crippen LogP contribution in [0.15, 0.2) is 24.3 Å². The Morgan fingerprint density at radius 3 is 2.11 bits per heavy atom. The molecular formula is C40H68N6O8. The highest BCUT2D eigenvalue weighted by atomic mass is 16.5. The summed E-state index contributed by atoms with van der Waals surface area (Å²) in [4.78, 5) is 73.2. The summed E-state index contributed by atoms with van der Waals surface area (Å²) >= 11 is 0. The third-order valence-corrected chi connectivity index (χ3v) is 10.8. The number of amides is 4. The van der Waals surface area contributed by atoms with Crippen LogP contribution >= 0.6 is 0 Å². The van der Waals surface area contributed by atoms with Gasteiger partial charge in [0.2, 0.25) is 23.6 Å². The van der Waals surface area contributed by atoms with E-state index in [9.17, 15) is 24.0 Å². The van der Waals surface area contributed by atoms with Gasteiger partial charge in [-0.05, 0) is 50.4 Å². The first-order chi connectivity index (χ1) is 25.3. The fraction of sp³-hybridized carbons (Fsp3) is 0.725. The van der Waals surface area contributed by atoms with Gasteiger partial charge in [0.15, 0.2) is 5.78 Å². The number of carbonyl (C=O) groups excluding carboxylic acids is 5. The largest absolute Gasteiger partial charge is 0.497 e. The molecule has 2 rings (SSSR count). The second kappa shape index (κ2) is 21.5. The minimum Gasteiger partial charge on any atom is -0.497 e. The maximum Gasteiger partial charge on any atom is 0.245 e. The molecule has 4 amide bonds. The number of nitrogens with one attached hydrogen (secondary N) is 2. The molecular weight excluding hydrogens is 692 g/mol. The van der Waals surface area contributed by atoms with Gasteiger partial charge in [0, 0.05) is 39.4 Å². The Kier molecular flexibility index (Phi) is 18.5. The van der Waals surface area contributed by atoms with Gasteiger partial charge in [-0.25, -0.2) is 0 Å². The van der Waals surface area contributed by atoms with Gasteiger partial charge in [0.1, 0.15) is 11.8 Å². The van der Waals surface area contributed by atoms with Crippen LogP contribution < -0.4 is 21.1 Å². The fourth-order valence-corrected chi connectivity index (χ4v) is 7.69. The smallest absolute Gasteiger partial charge is 0.245 e. The molecule has 1 aliphatic rings. The highest BCUT2D eigenvalue weighted by Gasteiger charge is 2.45. The number of hydrogen-bond acceptors (Lipinski definition) is 10. The highest BCUT2D eigenvalue weighted by molar-refractivity contribution is 5.99. The van der Waals surface area contributed by atoms with Gasteiger partial charge < -0.3 is 40.4 Å². The maximum absolute atomic E-state index is 14.2. The van der Waals surface area contributed by atoms with Crippen molar-refractivity contribution in [1.82, 2.24) is 25.3 Å². The molecule has 1 aromatic carbocycles. The van der Waals surface area contributed by atoms with E-state index in [4.69, 9.17) is 19.9 Å². The number of Topliss-reactive ketones (excluding diaryl/α,β-unsaturated/α-hetero) is 1. The first-order valence-electron chi connectivity index (χ1n) is 19.1. The van der Waals surface area contributed by atoms with E-state index in [0.29, 0.717) is 24.2 Å². The molecule has 1 aliphatic heterocycles. The van der Waals surface area contributed by atoms with Crippen molar-refractivity contribution in [2.45, 2.75) is 110 Å². The van der Waals surface area contributed by atoms with E-state index in [1.165, 1.54) is 21.3 Å². The Bertz CT molecular complexity index is 1400. The molecule has 1 aromatic rings. The molecule has 0 spiro atoms. The van der Waals surface area contributed by atoms with E-state index in [1.54, 1.807) is 48.0 Å². The lowest BCUT2D eigenvalue weighted by Crippen LogP contribution is -2.59. The molecule has 14 heteroatoms. The second-order valence-corrected chi connectivity index (χ2v) is 15.7. The number of hydrogen-bond donors (Lipinski definition) is 3. The lowest BCUT2D eigenvalue weighted by molar-refractivity contribution is -0.148. The van der Waals surface area contributed by atoms with Gasteiger partial charge in [0.05, 0.1) is 56.3 Å². The van der Waals surface area contributed by atoms with Crippen molar-refractivity contribution in [2.75, 3.05) is 55.6 Å². The van der Waals surface area contributed by atoms with Gasteiger partial charge in [-0.15, -0.1) is 0 Å². The Labute approximate surface area is 323 Å². The lowest BCUT2D eigenvalue weighted by atomic mass is 9.89. The zero-order chi connectivity index (χ0) is 41.0. The number of ketones is 1. The number of methoxy groups -OCH3 is 3. The van der Waals surface area contributed by atoms with Crippen LogP contribution in [0.25, 0.3) is 0 Å². The fourth-order valence-electron chi connectivity index (χ4n) is 7.69. The normalized spacial score (nSPS) is 19.8. The van der Waals surface area contributed by atoms with Crippen LogP contribution in [0.1, 0.15) is 78.1 Å². The molecule has 1 heterocycles. The van der Waals surface area contributed by atoms with Crippen LogP contribution in [0, 0.1) is 23.7 Å². The number of likely N-dealkylation sites (tertiary alicyclic amines) is 1. The van der Waals surface area contributed by atoms with Gasteiger partial charge >= 0.3 is 0 Å². The van der Waals surface area contributed by atoms with Crippen molar-refractivity contribution in [1.29, 1.82) is 0 Å². The number of nitrogens with zero attached hydrogens (tertiary/aromatic N) is 3. The first kappa shape index (κ1) is 46.6. The average molecular weight is 761 g/mol. The second-order valence-electron chi connectivity index (χ2n) is 15.7. The van der Waals surface area contributed by atoms with Gasteiger partial charge in [-0.2, -0.15) is 0 Å². The third-order valence-electron chi connectivity index (χ3n) is 10.8. The topological polar surface area (TPSA) is 173 Å². The number of likely N-dealkylation sites (N-methyl/N-ethyl adjacent to an activating group) is 2. The molecule has 0 bridgehead atoms. The van der Waals surface area contributed by atoms with Crippen LogP contribution in [-0.2, 0) is 28.7 Å². The predicted molar refractivity (Wildman–Crippen MR) is 209 cm³/mol. The summed E-state index contributed by atoms with van der Waals surface area (Å²) in [5.41, 5.74) is 6.83. The summed E-state index contributed by atoms with van der Waals surface area (Å²) in [6, 6.07) is 4.15. The van der Waals surface area contributed by atoms with E-state index >= 15 is 0 Å². The first-order valence-corrected chi connectivity index (χ1v) is 19.1. The molecule has 0 aliphatic carbocycles. The van der Waals surface area contributed by atoms with Crippen molar-refractivity contribution >= 4 is 29.4 Å². The Balaban J connectivity index is 2.27. The van der Waals surface area contributed by atoms with Gasteiger partial charge in [0.25, 0.3) is 0 Å². The molecule has 4 N–H and O–H groups in total. The number of carbonyl (C=O) groups is 5. The van der Waals surface area contributed by atoms with Crippen molar-refractivity contribution in [3.05, 3.63) is 29.8 Å². The van der Waals surface area contributed by atoms with Crippen molar-refractivity contribution in [3.8, 4) is 5.75 Å². The van der Waals surface area contributed by atoms with Crippen LogP contribution in [0.5, 0.6) is 5.75 Å². The molecule has 0 radical (unpaired) electrons. The average Bonchev–Trinajstić information content (AvgIpc) is 3.52. The van der Waals surface area contributed by atoms with Crippen molar-refractivity contribution in [2.24, 2.45) is 29.4 Å². The van der Waals surface area contributed by atoms with Crippen LogP contribution in [0.2, 0.25) is 0 Å². The Hall–Kier alpha value is -3.59. The van der Waals surface area contributed by atoms with Crippen molar-refractivity contribution < 1.29 is 38.2 Å². The summed E-state index contributed by atoms with van der Waals surface area (Å²) in [6.45, 7) is 13.5. The van der Waals surface area contributed by atoms with Crippen LogP contribution in [0.3, 0.4) is 0 Å². The Morgan fingerprint density at radius 1 is 0.944 bits per heavy atom. The summed E-state index contributed by atoms with van der Waals surface area (Å²) < 4.78 is 17.1. The van der Waals surface area contributed by atoms with E-state index in [2.05, 4.69) is 10.6 Å². The highest BCUT2D eigenvalue weighted by Crippen LogP contribution is 2.29. The quantitative estimate of drug-likeness (QED) is 0.158. The van der Waals surface area contributed by atoms with E-state index in [0.717, 1.165) is 0 Å². The minimum atomic E-state index is -0.787. The third kappa shape index (κ3) is 12.0. The number of nitrogens with two attached hydrogens (primary N) is 1. The van der Waals surface area contributed by atoms with Gasteiger partial charge in [-0.3, -0.25) is 28.9 Å². The number of ether oxygens (including phenoxy) is 3.